The molecule has 0 aliphatic carbocycles. The van der Waals surface area contributed by atoms with Gasteiger partial charge in [0.25, 0.3) is 0 Å². The summed E-state index contributed by atoms with van der Waals surface area (Å²) in [5.41, 5.74) is 1.12. The molecule has 0 saturated carbocycles. The molecular weight excluding hydrogens is 261 g/mol. The number of hydrogen-bond donors (Lipinski definition) is 1. The lowest BCUT2D eigenvalue weighted by Gasteiger charge is -2.00. The largest absolute Gasteiger partial charge is 0.374 e. The third kappa shape index (κ3) is 3.14. The molecule has 1 aromatic rings. The molecule has 0 radical (unpaired) electrons. The van der Waals surface area contributed by atoms with Gasteiger partial charge in [0.05, 0.1) is 6.54 Å². The van der Waals surface area contributed by atoms with E-state index in [4.69, 9.17) is 0 Å². The Balaban J connectivity index is 2.51. The molecule has 1 nitrogen and oxygen atoms in total. The van der Waals surface area contributed by atoms with Gasteiger partial charge in [-0.15, -0.1) is 5.92 Å². The van der Waals surface area contributed by atoms with Crippen LogP contribution in [-0.4, -0.2) is 6.54 Å². The van der Waals surface area contributed by atoms with E-state index in [-0.39, 0.29) is 0 Å². The zero-order valence-corrected chi connectivity index (χ0v) is 9.05. The Morgan fingerprint density at radius 1 is 1.33 bits per heavy atom. The van der Waals surface area contributed by atoms with Gasteiger partial charge in [-0.2, -0.15) is 0 Å². The molecule has 0 heterocycles. The number of rotatable bonds is 2. The highest BCUT2D eigenvalue weighted by Crippen LogP contribution is 2.10. The van der Waals surface area contributed by atoms with Crippen LogP contribution in [0.2, 0.25) is 0 Å². The molecule has 12 heavy (non-hydrogen) atoms. The molecule has 2 heteroatoms. The maximum atomic E-state index is 3.20. The molecule has 1 N–H and O–H groups in total. The number of hydrogen-bond acceptors (Lipinski definition) is 1. The SMILES string of the molecule is CC#CCNc1ccc(I)cc1. The van der Waals surface area contributed by atoms with Crippen molar-refractivity contribution in [1.82, 2.24) is 0 Å². The molecule has 1 rings (SSSR count). The molecule has 0 bridgehead atoms. The second kappa shape index (κ2) is 5.04. The summed E-state index contributed by atoms with van der Waals surface area (Å²) in [5, 5.41) is 3.20. The van der Waals surface area contributed by atoms with E-state index in [1.807, 2.05) is 6.92 Å². The van der Waals surface area contributed by atoms with Gasteiger partial charge in [0.1, 0.15) is 0 Å². The molecule has 0 unspecified atom stereocenters. The van der Waals surface area contributed by atoms with Crippen molar-refractivity contribution in [3.05, 3.63) is 27.8 Å². The summed E-state index contributed by atoms with van der Waals surface area (Å²) in [6, 6.07) is 8.25. The molecule has 0 aromatic heterocycles. The van der Waals surface area contributed by atoms with Gasteiger partial charge in [-0.1, -0.05) is 5.92 Å². The molecule has 0 fully saturated rings. The van der Waals surface area contributed by atoms with Crippen molar-refractivity contribution in [2.24, 2.45) is 0 Å². The Kier molecular flexibility index (Phi) is 3.95. The maximum Gasteiger partial charge on any atom is 0.0765 e. The van der Waals surface area contributed by atoms with Crippen LogP contribution in [0.4, 0.5) is 5.69 Å². The topological polar surface area (TPSA) is 12.0 Å². The van der Waals surface area contributed by atoms with Crippen LogP contribution >= 0.6 is 22.6 Å². The zero-order chi connectivity index (χ0) is 8.81. The molecule has 0 amide bonds. The van der Waals surface area contributed by atoms with Crippen molar-refractivity contribution >= 4 is 28.3 Å². The lowest BCUT2D eigenvalue weighted by Crippen LogP contribution is -1.97. The van der Waals surface area contributed by atoms with Gasteiger partial charge in [0.15, 0.2) is 0 Å². The number of benzene rings is 1. The Morgan fingerprint density at radius 3 is 2.58 bits per heavy atom. The first kappa shape index (κ1) is 9.40. The smallest absolute Gasteiger partial charge is 0.0765 e. The molecule has 0 aliphatic heterocycles. The van der Waals surface area contributed by atoms with Crippen LogP contribution in [-0.2, 0) is 0 Å². The molecule has 0 spiro atoms. The minimum absolute atomic E-state index is 0.719. The second-order valence-electron chi connectivity index (χ2n) is 2.29. The summed E-state index contributed by atoms with van der Waals surface area (Å²) >= 11 is 2.29. The normalized spacial score (nSPS) is 8.50. The third-order valence-electron chi connectivity index (χ3n) is 1.40. The Morgan fingerprint density at radius 2 is 2.00 bits per heavy atom. The van der Waals surface area contributed by atoms with Crippen LogP contribution < -0.4 is 5.32 Å². The summed E-state index contributed by atoms with van der Waals surface area (Å²) in [6.45, 7) is 2.56. The Labute approximate surface area is 86.7 Å². The summed E-state index contributed by atoms with van der Waals surface area (Å²) in [6.07, 6.45) is 0. The van der Waals surface area contributed by atoms with Gasteiger partial charge in [0, 0.05) is 9.26 Å². The van der Waals surface area contributed by atoms with Crippen LogP contribution in [0.3, 0.4) is 0 Å². The highest BCUT2D eigenvalue weighted by molar-refractivity contribution is 14.1. The van der Waals surface area contributed by atoms with Crippen molar-refractivity contribution in [2.75, 3.05) is 11.9 Å². The second-order valence-corrected chi connectivity index (χ2v) is 3.53. The molecule has 1 aromatic carbocycles. The molecular formula is C10H10IN. The van der Waals surface area contributed by atoms with Crippen LogP contribution in [0, 0.1) is 15.4 Å². The van der Waals surface area contributed by atoms with E-state index in [1.54, 1.807) is 0 Å². The van der Waals surface area contributed by atoms with Gasteiger partial charge in [-0.25, -0.2) is 0 Å². The van der Waals surface area contributed by atoms with Crippen LogP contribution in [0.15, 0.2) is 24.3 Å². The maximum absolute atomic E-state index is 3.20. The van der Waals surface area contributed by atoms with E-state index in [9.17, 15) is 0 Å². The monoisotopic (exact) mass is 271 g/mol. The highest BCUT2D eigenvalue weighted by atomic mass is 127. The highest BCUT2D eigenvalue weighted by Gasteiger charge is 1.88. The summed E-state index contributed by atoms with van der Waals surface area (Å²) in [4.78, 5) is 0. The average Bonchev–Trinajstić information content (AvgIpc) is 2.09. The van der Waals surface area contributed by atoms with Crippen LogP contribution in [0.25, 0.3) is 0 Å². The van der Waals surface area contributed by atoms with Gasteiger partial charge in [0.2, 0.25) is 0 Å². The first-order chi connectivity index (χ1) is 5.83. The fourth-order valence-electron chi connectivity index (χ4n) is 0.802. The van der Waals surface area contributed by atoms with E-state index in [0.29, 0.717) is 0 Å². The minimum atomic E-state index is 0.719. The van der Waals surface area contributed by atoms with E-state index in [0.717, 1.165) is 12.2 Å². The zero-order valence-electron chi connectivity index (χ0n) is 6.89. The van der Waals surface area contributed by atoms with Gasteiger partial charge >= 0.3 is 0 Å². The van der Waals surface area contributed by atoms with E-state index >= 15 is 0 Å². The first-order valence-corrected chi connectivity index (χ1v) is 4.80. The van der Waals surface area contributed by atoms with Gasteiger partial charge in [-0.05, 0) is 53.8 Å². The standard InChI is InChI=1S/C10H10IN/c1-2-3-8-12-10-6-4-9(11)5-7-10/h4-7,12H,8H2,1H3. The van der Waals surface area contributed by atoms with Crippen LogP contribution in [0.1, 0.15) is 6.92 Å². The summed E-state index contributed by atoms with van der Waals surface area (Å²) in [5.74, 6) is 5.78. The van der Waals surface area contributed by atoms with E-state index < -0.39 is 0 Å². The molecule has 0 aliphatic rings. The Bertz CT molecular complexity index is 292. The third-order valence-corrected chi connectivity index (χ3v) is 2.12. The molecule has 62 valence electrons. The van der Waals surface area contributed by atoms with E-state index in [1.165, 1.54) is 3.57 Å². The Hall–Kier alpha value is -0.690. The predicted molar refractivity (Wildman–Crippen MR) is 61.1 cm³/mol. The van der Waals surface area contributed by atoms with Crippen molar-refractivity contribution in [3.8, 4) is 11.8 Å². The van der Waals surface area contributed by atoms with E-state index in [2.05, 4.69) is 64.0 Å². The molecule has 0 atom stereocenters. The lowest BCUT2D eigenvalue weighted by molar-refractivity contribution is 1.37. The first-order valence-electron chi connectivity index (χ1n) is 3.72. The summed E-state index contributed by atoms with van der Waals surface area (Å²) < 4.78 is 1.25. The number of anilines is 1. The number of halogens is 1. The van der Waals surface area contributed by atoms with Crippen molar-refractivity contribution in [2.45, 2.75) is 6.92 Å². The van der Waals surface area contributed by atoms with Crippen molar-refractivity contribution in [1.29, 1.82) is 0 Å². The van der Waals surface area contributed by atoms with Crippen LogP contribution in [0.5, 0.6) is 0 Å². The molecule has 0 saturated heterocycles. The van der Waals surface area contributed by atoms with Gasteiger partial charge < -0.3 is 5.32 Å². The fraction of sp³-hybridized carbons (Fsp3) is 0.200. The predicted octanol–water partition coefficient (Wildman–Crippen LogP) is 2.73. The van der Waals surface area contributed by atoms with Gasteiger partial charge in [-0.3, -0.25) is 0 Å². The average molecular weight is 271 g/mol. The quantitative estimate of drug-likeness (QED) is 0.644. The van der Waals surface area contributed by atoms with Crippen molar-refractivity contribution < 1.29 is 0 Å². The minimum Gasteiger partial charge on any atom is -0.374 e. The number of nitrogens with one attached hydrogen (secondary N) is 1. The summed E-state index contributed by atoms with van der Waals surface area (Å²) in [7, 11) is 0. The fourth-order valence-corrected chi connectivity index (χ4v) is 1.16. The van der Waals surface area contributed by atoms with Crippen molar-refractivity contribution in [3.63, 3.8) is 0 Å². The lowest BCUT2D eigenvalue weighted by atomic mass is 10.3.